The second-order valence-electron chi connectivity index (χ2n) is 8.61. The van der Waals surface area contributed by atoms with Crippen molar-refractivity contribution < 1.29 is 19.0 Å². The minimum absolute atomic E-state index is 0.0632. The van der Waals surface area contributed by atoms with Crippen LogP contribution in [-0.4, -0.2) is 49.6 Å². The van der Waals surface area contributed by atoms with E-state index in [2.05, 4.69) is 10.1 Å². The second-order valence-corrected chi connectivity index (χ2v) is 8.61. The fourth-order valence-electron chi connectivity index (χ4n) is 3.82. The molecule has 4 N–H and O–H groups in total. The quantitative estimate of drug-likeness (QED) is 0.585. The normalized spacial score (nSPS) is 15.7. The maximum atomic E-state index is 13.8. The molecule has 8 nitrogen and oxygen atoms in total. The van der Waals surface area contributed by atoms with Gasteiger partial charge in [0.05, 0.1) is 17.3 Å². The molecule has 0 saturated carbocycles. The Bertz CT molecular complexity index is 1090. The maximum Gasteiger partial charge on any atom is 0.410 e. The number of piperidine rings is 1. The summed E-state index contributed by atoms with van der Waals surface area (Å²) < 4.78 is 21.1. The molecule has 0 aliphatic carbocycles. The van der Waals surface area contributed by atoms with Crippen molar-refractivity contribution in [2.45, 2.75) is 45.3 Å². The second kappa shape index (κ2) is 7.23. The first-order valence-corrected chi connectivity index (χ1v) is 9.96. The SMILES string of the molecule is CC(C)(C)OC(=O)N1CCC(n2nc(N)c3[nH]c(-c4cccc(F)c4O)cc32)CC1. The Balaban J connectivity index is 1.57. The predicted octanol–water partition coefficient (Wildman–Crippen LogP) is 4.03. The predicted molar refractivity (Wildman–Crippen MR) is 112 cm³/mol. The van der Waals surface area contributed by atoms with Crippen LogP contribution in [0.4, 0.5) is 15.0 Å². The Hall–Kier alpha value is -3.23. The van der Waals surface area contributed by atoms with Crippen molar-refractivity contribution in [3.63, 3.8) is 0 Å². The molecule has 1 aliphatic rings. The number of para-hydroxylation sites is 1. The van der Waals surface area contributed by atoms with Gasteiger partial charge in [-0.2, -0.15) is 5.10 Å². The molecule has 1 fully saturated rings. The van der Waals surface area contributed by atoms with Gasteiger partial charge in [-0.1, -0.05) is 6.07 Å². The van der Waals surface area contributed by atoms with E-state index in [0.29, 0.717) is 48.5 Å². The van der Waals surface area contributed by atoms with Gasteiger partial charge in [0, 0.05) is 18.7 Å². The van der Waals surface area contributed by atoms with Crippen molar-refractivity contribution in [3.8, 4) is 17.0 Å². The lowest BCUT2D eigenvalue weighted by molar-refractivity contribution is 0.0186. The lowest BCUT2D eigenvalue weighted by atomic mass is 10.1. The lowest BCUT2D eigenvalue weighted by Gasteiger charge is -2.33. The fraction of sp³-hybridized carbons (Fsp3) is 0.429. The van der Waals surface area contributed by atoms with Crippen molar-refractivity contribution in [2.24, 2.45) is 0 Å². The Kier molecular flexibility index (Phi) is 4.83. The fourth-order valence-corrected chi connectivity index (χ4v) is 3.82. The number of nitrogens with two attached hydrogens (primary N) is 1. The molecular formula is C21H26FN5O3. The molecule has 3 aromatic rings. The average Bonchev–Trinajstić information content (AvgIpc) is 3.23. The molecule has 160 valence electrons. The number of ether oxygens (including phenoxy) is 1. The highest BCUT2D eigenvalue weighted by molar-refractivity contribution is 5.91. The van der Waals surface area contributed by atoms with Gasteiger partial charge >= 0.3 is 6.09 Å². The van der Waals surface area contributed by atoms with E-state index in [1.54, 1.807) is 11.0 Å². The number of H-pyrrole nitrogens is 1. The minimum atomic E-state index is -0.685. The molecule has 4 rings (SSSR count). The Morgan fingerprint density at radius 1 is 1.33 bits per heavy atom. The highest BCUT2D eigenvalue weighted by Crippen LogP contribution is 2.36. The summed E-state index contributed by atoms with van der Waals surface area (Å²) in [6.45, 7) is 6.66. The molecule has 1 aromatic carbocycles. The monoisotopic (exact) mass is 415 g/mol. The van der Waals surface area contributed by atoms with Gasteiger partial charge in [-0.3, -0.25) is 4.68 Å². The number of likely N-dealkylation sites (tertiary alicyclic amines) is 1. The summed E-state index contributed by atoms with van der Waals surface area (Å²) in [4.78, 5) is 17.1. The van der Waals surface area contributed by atoms with Crippen LogP contribution in [0, 0.1) is 5.82 Å². The van der Waals surface area contributed by atoms with Crippen molar-refractivity contribution >= 4 is 22.9 Å². The summed E-state index contributed by atoms with van der Waals surface area (Å²) >= 11 is 0. The van der Waals surface area contributed by atoms with Crippen LogP contribution in [0.25, 0.3) is 22.3 Å². The number of phenols is 1. The van der Waals surface area contributed by atoms with Gasteiger partial charge in [0.2, 0.25) is 0 Å². The number of aromatic hydroxyl groups is 1. The largest absolute Gasteiger partial charge is 0.504 e. The van der Waals surface area contributed by atoms with E-state index in [-0.39, 0.29) is 12.1 Å². The van der Waals surface area contributed by atoms with E-state index in [0.717, 1.165) is 5.52 Å². The van der Waals surface area contributed by atoms with Crippen LogP contribution in [0.15, 0.2) is 24.3 Å². The summed E-state index contributed by atoms with van der Waals surface area (Å²) in [7, 11) is 0. The third-order valence-electron chi connectivity index (χ3n) is 5.25. The Labute approximate surface area is 173 Å². The lowest BCUT2D eigenvalue weighted by Crippen LogP contribution is -2.42. The molecule has 2 aromatic heterocycles. The Morgan fingerprint density at radius 3 is 2.70 bits per heavy atom. The first-order valence-electron chi connectivity index (χ1n) is 9.96. The van der Waals surface area contributed by atoms with E-state index >= 15 is 0 Å². The first kappa shape index (κ1) is 20.1. The minimum Gasteiger partial charge on any atom is -0.504 e. The molecule has 0 unspecified atom stereocenters. The van der Waals surface area contributed by atoms with Crippen LogP contribution < -0.4 is 5.73 Å². The average molecular weight is 415 g/mol. The number of hydrogen-bond acceptors (Lipinski definition) is 5. The van der Waals surface area contributed by atoms with Crippen LogP contribution in [-0.2, 0) is 4.74 Å². The van der Waals surface area contributed by atoms with Gasteiger partial charge in [-0.05, 0) is 51.8 Å². The number of benzene rings is 1. The number of anilines is 1. The van der Waals surface area contributed by atoms with Gasteiger partial charge in [0.1, 0.15) is 11.1 Å². The first-order chi connectivity index (χ1) is 14.1. The molecule has 0 radical (unpaired) electrons. The molecule has 3 heterocycles. The topological polar surface area (TPSA) is 109 Å². The van der Waals surface area contributed by atoms with Gasteiger partial charge in [-0.15, -0.1) is 0 Å². The highest BCUT2D eigenvalue weighted by atomic mass is 19.1. The zero-order valence-electron chi connectivity index (χ0n) is 17.3. The van der Waals surface area contributed by atoms with Gasteiger partial charge in [0.15, 0.2) is 17.4 Å². The van der Waals surface area contributed by atoms with E-state index in [4.69, 9.17) is 10.5 Å². The van der Waals surface area contributed by atoms with Gasteiger partial charge in [-0.25, -0.2) is 9.18 Å². The number of halogens is 1. The standard InChI is InChI=1S/C21H26FN5O3/c1-21(2,3)30-20(29)26-9-7-12(8-10-26)27-16-11-15(24-17(16)19(23)25-27)13-5-4-6-14(22)18(13)28/h4-6,11-12,24,28H,7-10H2,1-3H3,(H2,23,25). The summed E-state index contributed by atoms with van der Waals surface area (Å²) in [6, 6.07) is 6.26. The maximum absolute atomic E-state index is 13.8. The summed E-state index contributed by atoms with van der Waals surface area (Å²) in [5.74, 6) is -0.762. The third kappa shape index (κ3) is 3.67. The Morgan fingerprint density at radius 2 is 2.03 bits per heavy atom. The summed E-state index contributed by atoms with van der Waals surface area (Å²) in [5, 5.41) is 14.5. The van der Waals surface area contributed by atoms with Crippen LogP contribution in [0.5, 0.6) is 5.75 Å². The van der Waals surface area contributed by atoms with Crippen molar-refractivity contribution in [1.29, 1.82) is 0 Å². The van der Waals surface area contributed by atoms with Crippen molar-refractivity contribution in [2.75, 3.05) is 18.8 Å². The van der Waals surface area contributed by atoms with E-state index in [1.807, 2.05) is 31.5 Å². The van der Waals surface area contributed by atoms with Crippen LogP contribution in [0.2, 0.25) is 0 Å². The van der Waals surface area contributed by atoms with E-state index < -0.39 is 17.2 Å². The van der Waals surface area contributed by atoms with E-state index in [1.165, 1.54) is 12.1 Å². The molecular weight excluding hydrogens is 389 g/mol. The third-order valence-corrected chi connectivity index (χ3v) is 5.25. The van der Waals surface area contributed by atoms with Crippen LogP contribution in [0.3, 0.4) is 0 Å². The molecule has 0 bridgehead atoms. The number of phenolic OH excluding ortho intramolecular Hbond substituents is 1. The molecule has 0 spiro atoms. The summed E-state index contributed by atoms with van der Waals surface area (Å²) in [5.41, 5.74) is 7.92. The van der Waals surface area contributed by atoms with Crippen LogP contribution in [0.1, 0.15) is 39.7 Å². The number of nitrogen functional groups attached to an aromatic ring is 1. The molecule has 1 amide bonds. The van der Waals surface area contributed by atoms with Gasteiger partial charge < -0.3 is 25.5 Å². The number of aromatic nitrogens is 3. The number of nitrogens with zero attached hydrogens (tertiary/aromatic N) is 3. The number of rotatable bonds is 2. The number of aromatic amines is 1. The molecule has 1 saturated heterocycles. The molecule has 0 atom stereocenters. The zero-order valence-corrected chi connectivity index (χ0v) is 17.3. The van der Waals surface area contributed by atoms with Crippen LogP contribution >= 0.6 is 0 Å². The van der Waals surface area contributed by atoms with Gasteiger partial charge in [0.25, 0.3) is 0 Å². The summed E-state index contributed by atoms with van der Waals surface area (Å²) in [6.07, 6.45) is 1.11. The number of carbonyl (C=O) groups is 1. The highest BCUT2D eigenvalue weighted by Gasteiger charge is 2.29. The number of amides is 1. The number of fused-ring (bicyclic) bond motifs is 1. The zero-order chi connectivity index (χ0) is 21.6. The molecule has 9 heteroatoms. The van der Waals surface area contributed by atoms with E-state index in [9.17, 15) is 14.3 Å². The smallest absolute Gasteiger partial charge is 0.410 e. The molecule has 1 aliphatic heterocycles. The van der Waals surface area contributed by atoms with Crippen molar-refractivity contribution in [1.82, 2.24) is 19.7 Å². The number of nitrogens with one attached hydrogen (secondary N) is 1. The number of hydrogen-bond donors (Lipinski definition) is 3. The number of carbonyl (C=O) groups excluding carboxylic acids is 1. The van der Waals surface area contributed by atoms with Crippen molar-refractivity contribution in [3.05, 3.63) is 30.1 Å². The molecule has 30 heavy (non-hydrogen) atoms.